The first kappa shape index (κ1) is 11.1. The molecule has 0 amide bonds. The van der Waals surface area contributed by atoms with Gasteiger partial charge in [0.15, 0.2) is 0 Å². The van der Waals surface area contributed by atoms with E-state index in [9.17, 15) is 4.39 Å². The zero-order chi connectivity index (χ0) is 11.5. The van der Waals surface area contributed by atoms with Gasteiger partial charge in [-0.1, -0.05) is 10.3 Å². The molecule has 1 heterocycles. The maximum Gasteiger partial charge on any atom is 0.145 e. The molecule has 2 aromatic rings. The molecule has 0 radical (unpaired) electrons. The monoisotopic (exact) mass is 286 g/mol. The third-order valence-corrected chi connectivity index (χ3v) is 2.62. The van der Waals surface area contributed by atoms with Crippen LogP contribution in [0.3, 0.4) is 0 Å². The van der Waals surface area contributed by atoms with Crippen molar-refractivity contribution in [2.45, 2.75) is 13.5 Å². The minimum absolute atomic E-state index is 0.243. The van der Waals surface area contributed by atoms with Gasteiger partial charge in [-0.05, 0) is 41.1 Å². The van der Waals surface area contributed by atoms with Gasteiger partial charge < -0.3 is 4.74 Å². The molecule has 0 bridgehead atoms. The third kappa shape index (κ3) is 2.38. The summed E-state index contributed by atoms with van der Waals surface area (Å²) in [5, 5.41) is 7.30. The molecule has 6 heteroatoms. The second-order valence-corrected chi connectivity index (χ2v) is 4.02. The van der Waals surface area contributed by atoms with E-state index in [2.05, 4.69) is 30.9 Å². The van der Waals surface area contributed by atoms with Gasteiger partial charge in [-0.2, -0.15) is 0 Å². The number of halogens is 2. The number of hydrogen-bond acceptors (Lipinski definition) is 4. The fourth-order valence-corrected chi connectivity index (χ4v) is 1.46. The molecule has 84 valence electrons. The highest BCUT2D eigenvalue weighted by Crippen LogP contribution is 2.22. The van der Waals surface area contributed by atoms with Crippen LogP contribution in [0.1, 0.15) is 11.4 Å². The first-order chi connectivity index (χ1) is 7.66. The van der Waals surface area contributed by atoms with E-state index in [1.165, 1.54) is 6.07 Å². The minimum Gasteiger partial charge on any atom is -0.487 e. The molecular weight excluding hydrogens is 279 g/mol. The van der Waals surface area contributed by atoms with E-state index in [0.717, 1.165) is 0 Å². The average Bonchev–Trinajstić information content (AvgIpc) is 2.66. The molecule has 1 aromatic heterocycles. The summed E-state index contributed by atoms with van der Waals surface area (Å²) in [6.07, 6.45) is 0. The van der Waals surface area contributed by atoms with Gasteiger partial charge in [0.1, 0.15) is 29.6 Å². The van der Waals surface area contributed by atoms with Crippen LogP contribution >= 0.6 is 15.9 Å². The lowest BCUT2D eigenvalue weighted by atomic mass is 10.3. The molecule has 0 aliphatic heterocycles. The molecule has 0 atom stereocenters. The molecule has 16 heavy (non-hydrogen) atoms. The number of ether oxygens (including phenoxy) is 1. The van der Waals surface area contributed by atoms with Crippen molar-refractivity contribution in [2.24, 2.45) is 0 Å². The van der Waals surface area contributed by atoms with Gasteiger partial charge in [-0.25, -0.2) is 9.02 Å². The van der Waals surface area contributed by atoms with Crippen LogP contribution in [-0.2, 0) is 6.61 Å². The summed E-state index contributed by atoms with van der Waals surface area (Å²) in [6, 6.07) is 4.43. The van der Waals surface area contributed by atoms with E-state index in [-0.39, 0.29) is 12.4 Å². The van der Waals surface area contributed by atoms with Crippen molar-refractivity contribution in [1.29, 1.82) is 0 Å². The van der Waals surface area contributed by atoms with Crippen molar-refractivity contribution in [3.8, 4) is 5.75 Å². The van der Waals surface area contributed by atoms with E-state index in [1.807, 2.05) is 0 Å². The second kappa shape index (κ2) is 4.61. The van der Waals surface area contributed by atoms with Crippen LogP contribution in [0.25, 0.3) is 0 Å². The highest BCUT2D eigenvalue weighted by molar-refractivity contribution is 9.10. The summed E-state index contributed by atoms with van der Waals surface area (Å²) < 4.78 is 23.2. The normalized spacial score (nSPS) is 10.4. The molecule has 0 aliphatic rings. The van der Waals surface area contributed by atoms with Crippen LogP contribution < -0.4 is 4.74 Å². The molecule has 0 unspecified atom stereocenters. The predicted octanol–water partition coefficient (Wildman–Crippen LogP) is 2.86. The lowest BCUT2D eigenvalue weighted by Gasteiger charge is -2.04. The van der Waals surface area contributed by atoms with Gasteiger partial charge in [0.05, 0.1) is 4.47 Å². The Kier molecular flexibility index (Phi) is 3.19. The highest BCUT2D eigenvalue weighted by Gasteiger charge is 2.06. The summed E-state index contributed by atoms with van der Waals surface area (Å²) in [5.74, 6) is 0.224. The number of benzene rings is 1. The average molecular weight is 287 g/mol. The Bertz CT molecular complexity index is 501. The number of rotatable bonds is 3. The van der Waals surface area contributed by atoms with E-state index >= 15 is 0 Å². The van der Waals surface area contributed by atoms with Crippen molar-refractivity contribution >= 4 is 15.9 Å². The highest BCUT2D eigenvalue weighted by atomic mass is 79.9. The fourth-order valence-electron chi connectivity index (χ4n) is 1.10. The van der Waals surface area contributed by atoms with E-state index < -0.39 is 0 Å². The van der Waals surface area contributed by atoms with E-state index in [0.29, 0.717) is 21.6 Å². The SMILES string of the molecule is Cc1nonc1COc1ccc(F)c(Br)c1. The first-order valence-electron chi connectivity index (χ1n) is 4.52. The quantitative estimate of drug-likeness (QED) is 0.871. The molecule has 0 N–H and O–H groups in total. The maximum absolute atomic E-state index is 12.9. The minimum atomic E-state index is -0.327. The summed E-state index contributed by atoms with van der Waals surface area (Å²) in [5.41, 5.74) is 1.31. The van der Waals surface area contributed by atoms with Crippen LogP contribution in [0, 0.1) is 12.7 Å². The van der Waals surface area contributed by atoms with Crippen LogP contribution in [-0.4, -0.2) is 10.3 Å². The largest absolute Gasteiger partial charge is 0.487 e. The van der Waals surface area contributed by atoms with Crippen molar-refractivity contribution in [3.63, 3.8) is 0 Å². The van der Waals surface area contributed by atoms with Crippen molar-refractivity contribution in [2.75, 3.05) is 0 Å². The molecule has 4 nitrogen and oxygen atoms in total. The van der Waals surface area contributed by atoms with E-state index in [4.69, 9.17) is 4.74 Å². The first-order valence-corrected chi connectivity index (χ1v) is 5.32. The smallest absolute Gasteiger partial charge is 0.145 e. The zero-order valence-corrected chi connectivity index (χ0v) is 9.99. The fraction of sp³-hybridized carbons (Fsp3) is 0.200. The molecule has 0 fully saturated rings. The van der Waals surface area contributed by atoms with Crippen LogP contribution in [0.15, 0.2) is 27.3 Å². The molecular formula is C10H8BrFN2O2. The van der Waals surface area contributed by atoms with Crippen molar-refractivity contribution < 1.29 is 13.8 Å². The summed E-state index contributed by atoms with van der Waals surface area (Å²) in [7, 11) is 0. The van der Waals surface area contributed by atoms with Gasteiger partial charge >= 0.3 is 0 Å². The Morgan fingerprint density at radius 3 is 2.88 bits per heavy atom. The van der Waals surface area contributed by atoms with Gasteiger partial charge in [0.25, 0.3) is 0 Å². The molecule has 1 aromatic carbocycles. The van der Waals surface area contributed by atoms with Gasteiger partial charge in [-0.3, -0.25) is 0 Å². The van der Waals surface area contributed by atoms with Crippen LogP contribution in [0.4, 0.5) is 4.39 Å². The number of hydrogen-bond donors (Lipinski definition) is 0. The Balaban J connectivity index is 2.05. The Labute approximate surface area is 99.5 Å². The van der Waals surface area contributed by atoms with Gasteiger partial charge in [0, 0.05) is 0 Å². The van der Waals surface area contributed by atoms with Crippen molar-refractivity contribution in [1.82, 2.24) is 10.3 Å². The van der Waals surface area contributed by atoms with Gasteiger partial charge in [-0.15, -0.1) is 0 Å². The van der Waals surface area contributed by atoms with Gasteiger partial charge in [0.2, 0.25) is 0 Å². The predicted molar refractivity (Wildman–Crippen MR) is 57.5 cm³/mol. The summed E-state index contributed by atoms with van der Waals surface area (Å²) in [4.78, 5) is 0. The van der Waals surface area contributed by atoms with E-state index in [1.54, 1.807) is 19.1 Å². The molecule has 0 saturated heterocycles. The molecule has 0 spiro atoms. The topological polar surface area (TPSA) is 48.2 Å². The Hall–Kier alpha value is -1.43. The van der Waals surface area contributed by atoms with Crippen molar-refractivity contribution in [3.05, 3.63) is 39.9 Å². The molecule has 0 saturated carbocycles. The number of aromatic nitrogens is 2. The maximum atomic E-state index is 12.9. The van der Waals surface area contributed by atoms with Crippen LogP contribution in [0.5, 0.6) is 5.75 Å². The second-order valence-electron chi connectivity index (χ2n) is 3.16. The lowest BCUT2D eigenvalue weighted by molar-refractivity contribution is 0.269. The number of nitrogens with zero attached hydrogens (tertiary/aromatic N) is 2. The third-order valence-electron chi connectivity index (χ3n) is 2.01. The number of aryl methyl sites for hydroxylation is 1. The lowest BCUT2D eigenvalue weighted by Crippen LogP contribution is -1.97. The molecule has 2 rings (SSSR count). The summed E-state index contributed by atoms with van der Waals surface area (Å²) >= 11 is 3.08. The zero-order valence-electron chi connectivity index (χ0n) is 8.41. The van der Waals surface area contributed by atoms with Crippen LogP contribution in [0.2, 0.25) is 0 Å². The standard InChI is InChI=1S/C10H8BrFN2O2/c1-6-10(14-16-13-6)5-15-7-2-3-9(12)8(11)4-7/h2-4H,5H2,1H3. The summed E-state index contributed by atoms with van der Waals surface area (Å²) in [6.45, 7) is 2.02. The Morgan fingerprint density at radius 1 is 1.44 bits per heavy atom. The Morgan fingerprint density at radius 2 is 2.25 bits per heavy atom. The molecule has 0 aliphatic carbocycles.